The van der Waals surface area contributed by atoms with Crippen molar-refractivity contribution in [3.05, 3.63) is 53.1 Å². The summed E-state index contributed by atoms with van der Waals surface area (Å²) in [5.41, 5.74) is -3.46. The molecule has 2 amide bonds. The smallest absolute Gasteiger partial charge is 0.416 e. The van der Waals surface area contributed by atoms with Crippen LogP contribution in [0.4, 0.5) is 38.1 Å². The Morgan fingerprint density at radius 3 is 2.06 bits per heavy atom. The number of rotatable bonds is 6. The van der Waals surface area contributed by atoms with Crippen molar-refractivity contribution in [3.63, 3.8) is 0 Å². The first kappa shape index (κ1) is 25.6. The number of nitrogens with one attached hydrogen (secondary N) is 2. The van der Waals surface area contributed by atoms with Gasteiger partial charge < -0.3 is 20.4 Å². The standard InChI is InChI=1S/C21H23BF5N2O3/c1-11-8-16(15(24)10-13(11)22-32-20(4,5)19(2,3)31)28-18(30)29-17-9-12(21(25,26)27)6-7-14(17)23/h6-10,31H,1-5H3,(H2,28,29,30). The van der Waals surface area contributed by atoms with Crippen LogP contribution in [0.2, 0.25) is 0 Å². The molecule has 0 aliphatic carbocycles. The van der Waals surface area contributed by atoms with Gasteiger partial charge in [-0.25, -0.2) is 13.6 Å². The van der Waals surface area contributed by atoms with Crippen LogP contribution in [0.25, 0.3) is 0 Å². The van der Waals surface area contributed by atoms with E-state index in [4.69, 9.17) is 4.65 Å². The van der Waals surface area contributed by atoms with Gasteiger partial charge in [0.05, 0.1) is 28.1 Å². The largest absolute Gasteiger partial charge is 0.427 e. The predicted molar refractivity (Wildman–Crippen MR) is 112 cm³/mol. The van der Waals surface area contributed by atoms with Gasteiger partial charge in [-0.1, -0.05) is 5.56 Å². The number of benzene rings is 2. The van der Waals surface area contributed by atoms with Crippen molar-refractivity contribution >= 4 is 30.4 Å². The van der Waals surface area contributed by atoms with Crippen molar-refractivity contribution in [3.8, 4) is 0 Å². The normalized spacial score (nSPS) is 12.5. The quantitative estimate of drug-likeness (QED) is 0.434. The molecule has 0 unspecified atom stereocenters. The van der Waals surface area contributed by atoms with Gasteiger partial charge in [0.1, 0.15) is 11.6 Å². The molecule has 5 nitrogen and oxygen atoms in total. The summed E-state index contributed by atoms with van der Waals surface area (Å²) in [7, 11) is 1.28. The minimum absolute atomic E-state index is 0.272. The van der Waals surface area contributed by atoms with Crippen molar-refractivity contribution < 1.29 is 36.5 Å². The second-order valence-corrected chi connectivity index (χ2v) is 8.27. The highest BCUT2D eigenvalue weighted by molar-refractivity contribution is 6.47. The maximum Gasteiger partial charge on any atom is 0.416 e. The summed E-state index contributed by atoms with van der Waals surface area (Å²) in [5.74, 6) is -1.94. The highest BCUT2D eigenvalue weighted by Crippen LogP contribution is 2.32. The van der Waals surface area contributed by atoms with Gasteiger partial charge in [0.15, 0.2) is 0 Å². The molecule has 0 heterocycles. The Labute approximate surface area is 183 Å². The van der Waals surface area contributed by atoms with Crippen LogP contribution in [0.3, 0.4) is 0 Å². The Bertz CT molecular complexity index is 1000. The van der Waals surface area contributed by atoms with Gasteiger partial charge in [0.2, 0.25) is 0 Å². The van der Waals surface area contributed by atoms with Crippen molar-refractivity contribution in [2.24, 2.45) is 0 Å². The van der Waals surface area contributed by atoms with E-state index in [0.717, 1.165) is 6.07 Å². The number of hydrogen-bond donors (Lipinski definition) is 3. The van der Waals surface area contributed by atoms with E-state index in [1.165, 1.54) is 13.5 Å². The minimum Gasteiger partial charge on any atom is -0.427 e. The number of carbonyl (C=O) groups is 1. The summed E-state index contributed by atoms with van der Waals surface area (Å²) < 4.78 is 72.3. The van der Waals surface area contributed by atoms with Crippen LogP contribution in [-0.2, 0) is 10.8 Å². The molecule has 0 bridgehead atoms. The third-order valence-electron chi connectivity index (χ3n) is 5.10. The number of hydrogen-bond acceptors (Lipinski definition) is 3. The number of aliphatic hydroxyl groups is 1. The molecule has 32 heavy (non-hydrogen) atoms. The van der Waals surface area contributed by atoms with Crippen molar-refractivity contribution in [2.45, 2.75) is 52.0 Å². The summed E-state index contributed by atoms with van der Waals surface area (Å²) in [5, 5.41) is 14.2. The first-order valence-corrected chi connectivity index (χ1v) is 9.49. The molecule has 0 aromatic heterocycles. The maximum absolute atomic E-state index is 14.5. The lowest BCUT2D eigenvalue weighted by atomic mass is 9.80. The molecule has 2 rings (SSSR count). The van der Waals surface area contributed by atoms with E-state index in [1.807, 2.05) is 5.32 Å². The van der Waals surface area contributed by atoms with Gasteiger partial charge in [0.25, 0.3) is 0 Å². The summed E-state index contributed by atoms with van der Waals surface area (Å²) in [4.78, 5) is 12.1. The second kappa shape index (κ2) is 9.07. The van der Waals surface area contributed by atoms with Gasteiger partial charge in [-0.3, -0.25) is 0 Å². The number of anilines is 2. The number of aryl methyl sites for hydroxylation is 1. The van der Waals surface area contributed by atoms with Gasteiger partial charge in [-0.15, -0.1) is 0 Å². The Morgan fingerprint density at radius 1 is 0.969 bits per heavy atom. The first-order chi connectivity index (χ1) is 14.5. The fourth-order valence-corrected chi connectivity index (χ4v) is 2.35. The first-order valence-electron chi connectivity index (χ1n) is 9.49. The number of carbonyl (C=O) groups excluding carboxylic acids is 1. The number of alkyl halides is 3. The minimum atomic E-state index is -4.72. The third-order valence-corrected chi connectivity index (χ3v) is 5.10. The molecule has 0 fully saturated rings. The summed E-state index contributed by atoms with van der Waals surface area (Å²) in [6.45, 7) is 8.05. The lowest BCUT2D eigenvalue weighted by molar-refractivity contribution is -0.137. The van der Waals surface area contributed by atoms with E-state index in [1.54, 1.807) is 34.6 Å². The van der Waals surface area contributed by atoms with Crippen molar-refractivity contribution in [1.29, 1.82) is 0 Å². The number of halogens is 5. The van der Waals surface area contributed by atoms with Crippen LogP contribution in [0.15, 0.2) is 30.3 Å². The zero-order chi connectivity index (χ0) is 24.5. The topological polar surface area (TPSA) is 70.6 Å². The molecule has 0 saturated carbocycles. The molecular weight excluding hydrogens is 434 g/mol. The third kappa shape index (κ3) is 6.20. The highest BCUT2D eigenvalue weighted by Gasteiger charge is 2.36. The molecule has 3 N–H and O–H groups in total. The van der Waals surface area contributed by atoms with Crippen LogP contribution in [0.5, 0.6) is 0 Å². The zero-order valence-electron chi connectivity index (χ0n) is 18.1. The van der Waals surface area contributed by atoms with E-state index in [2.05, 4.69) is 5.32 Å². The SMILES string of the molecule is Cc1cc(NC(=O)Nc2cc(C(F)(F)F)ccc2F)c(F)cc1[B]OC(C)(C)C(C)(C)O. The average Bonchev–Trinajstić information content (AvgIpc) is 2.63. The molecule has 0 aliphatic rings. The summed E-state index contributed by atoms with van der Waals surface area (Å²) in [6.07, 6.45) is -4.72. The highest BCUT2D eigenvalue weighted by atomic mass is 19.4. The van der Waals surface area contributed by atoms with E-state index < -0.39 is 46.3 Å². The van der Waals surface area contributed by atoms with E-state index >= 15 is 0 Å². The zero-order valence-corrected chi connectivity index (χ0v) is 18.1. The molecule has 0 saturated heterocycles. The van der Waals surface area contributed by atoms with Crippen LogP contribution >= 0.6 is 0 Å². The van der Waals surface area contributed by atoms with Crippen LogP contribution in [-0.4, -0.2) is 29.8 Å². The summed E-state index contributed by atoms with van der Waals surface area (Å²) in [6, 6.07) is 2.79. The Morgan fingerprint density at radius 2 is 1.53 bits per heavy atom. The molecule has 2 aromatic rings. The molecule has 11 heteroatoms. The van der Waals surface area contributed by atoms with Gasteiger partial charge in [-0.05, 0) is 70.4 Å². The summed E-state index contributed by atoms with van der Waals surface area (Å²) >= 11 is 0. The Kier molecular flexibility index (Phi) is 7.26. The monoisotopic (exact) mass is 457 g/mol. The van der Waals surface area contributed by atoms with Crippen molar-refractivity contribution in [1.82, 2.24) is 0 Å². The lowest BCUT2D eigenvalue weighted by Gasteiger charge is -2.37. The fourth-order valence-electron chi connectivity index (χ4n) is 2.35. The van der Waals surface area contributed by atoms with Gasteiger partial charge >= 0.3 is 19.7 Å². The number of amides is 2. The van der Waals surface area contributed by atoms with Crippen LogP contribution < -0.4 is 16.1 Å². The van der Waals surface area contributed by atoms with E-state index in [0.29, 0.717) is 29.2 Å². The number of urea groups is 1. The molecule has 0 atom stereocenters. The molecule has 1 radical (unpaired) electrons. The Hall–Kier alpha value is -2.66. The Balaban J connectivity index is 2.14. The van der Waals surface area contributed by atoms with Crippen LogP contribution in [0.1, 0.15) is 38.8 Å². The van der Waals surface area contributed by atoms with Crippen LogP contribution in [0, 0.1) is 18.6 Å². The second-order valence-electron chi connectivity index (χ2n) is 8.27. The molecule has 0 aliphatic heterocycles. The van der Waals surface area contributed by atoms with Gasteiger partial charge in [0, 0.05) is 0 Å². The van der Waals surface area contributed by atoms with E-state index in [9.17, 15) is 31.9 Å². The maximum atomic E-state index is 14.5. The van der Waals surface area contributed by atoms with Gasteiger partial charge in [-0.2, -0.15) is 13.2 Å². The molecule has 173 valence electrons. The fraction of sp³-hybridized carbons (Fsp3) is 0.381. The molecule has 0 spiro atoms. The lowest BCUT2D eigenvalue weighted by Crippen LogP contribution is -2.49. The predicted octanol–water partition coefficient (Wildman–Crippen LogP) is 4.75. The molecular formula is C21H23BF5N2O3. The van der Waals surface area contributed by atoms with Crippen molar-refractivity contribution in [2.75, 3.05) is 10.6 Å². The van der Waals surface area contributed by atoms with E-state index in [-0.39, 0.29) is 5.69 Å². The average molecular weight is 457 g/mol. The molecule has 2 aromatic carbocycles.